The number of carbonyl (C=O) groups excluding carboxylic acids is 1. The number of ether oxygens (including phenoxy) is 1. The van der Waals surface area contributed by atoms with E-state index in [1.54, 1.807) is 11.3 Å². The zero-order chi connectivity index (χ0) is 11.9. The zero-order valence-corrected chi connectivity index (χ0v) is 11.1. The second kappa shape index (κ2) is 3.88. The van der Waals surface area contributed by atoms with Crippen LogP contribution in [-0.2, 0) is 10.2 Å². The Kier molecular flexibility index (Phi) is 2.82. The van der Waals surface area contributed by atoms with Crippen molar-refractivity contribution in [2.75, 3.05) is 6.61 Å². The number of hydrogen-bond acceptors (Lipinski definition) is 3. The first kappa shape index (κ1) is 11.6. The van der Waals surface area contributed by atoms with E-state index in [1.165, 1.54) is 10.4 Å². The number of rotatable bonds is 2. The van der Waals surface area contributed by atoms with Crippen LogP contribution in [0.5, 0.6) is 0 Å². The molecule has 0 aromatic carbocycles. The van der Waals surface area contributed by atoms with Crippen LogP contribution in [0.1, 0.15) is 60.8 Å². The van der Waals surface area contributed by atoms with Crippen molar-refractivity contribution in [3.05, 3.63) is 21.4 Å². The van der Waals surface area contributed by atoms with Gasteiger partial charge in [-0.3, -0.25) is 0 Å². The lowest BCUT2D eigenvalue weighted by Crippen LogP contribution is -2.10. The summed E-state index contributed by atoms with van der Waals surface area (Å²) in [6, 6.07) is 0. The topological polar surface area (TPSA) is 26.3 Å². The molecular formula is C13H18O2S. The smallest absolute Gasteiger partial charge is 0.339 e. The van der Waals surface area contributed by atoms with E-state index in [9.17, 15) is 4.79 Å². The Balaban J connectivity index is 2.42. The lowest BCUT2D eigenvalue weighted by atomic mass is 9.91. The van der Waals surface area contributed by atoms with Gasteiger partial charge >= 0.3 is 5.97 Å². The second-order valence-electron chi connectivity index (χ2n) is 5.10. The molecule has 0 bridgehead atoms. The van der Waals surface area contributed by atoms with Crippen molar-refractivity contribution in [3.8, 4) is 0 Å². The molecule has 1 aliphatic rings. The molecule has 1 heterocycles. The quantitative estimate of drug-likeness (QED) is 0.734. The molecule has 3 heteroatoms. The van der Waals surface area contributed by atoms with Crippen molar-refractivity contribution in [1.29, 1.82) is 0 Å². The van der Waals surface area contributed by atoms with Crippen LogP contribution >= 0.6 is 11.3 Å². The van der Waals surface area contributed by atoms with E-state index in [2.05, 4.69) is 20.8 Å². The number of hydrogen-bond donors (Lipinski definition) is 0. The summed E-state index contributed by atoms with van der Waals surface area (Å²) in [5, 5.41) is 1.96. The molecule has 88 valence electrons. The Morgan fingerprint density at radius 2 is 2.31 bits per heavy atom. The van der Waals surface area contributed by atoms with Crippen LogP contribution in [-0.4, -0.2) is 12.6 Å². The van der Waals surface area contributed by atoms with Crippen LogP contribution in [0.2, 0.25) is 0 Å². The summed E-state index contributed by atoms with van der Waals surface area (Å²) < 4.78 is 5.10. The summed E-state index contributed by atoms with van der Waals surface area (Å²) in [7, 11) is 0. The lowest BCUT2D eigenvalue weighted by molar-refractivity contribution is 0.0525. The number of fused-ring (bicyclic) bond motifs is 1. The molecule has 2 rings (SSSR count). The molecule has 2 nitrogen and oxygen atoms in total. The van der Waals surface area contributed by atoms with Crippen LogP contribution < -0.4 is 0 Å². The van der Waals surface area contributed by atoms with Gasteiger partial charge in [0.1, 0.15) is 0 Å². The third-order valence-electron chi connectivity index (χ3n) is 3.25. The van der Waals surface area contributed by atoms with Gasteiger partial charge in [-0.05, 0) is 30.2 Å². The molecule has 0 radical (unpaired) electrons. The average Bonchev–Trinajstić information content (AvgIpc) is 2.69. The Labute approximate surface area is 101 Å². The predicted octanol–water partition coefficient (Wildman–Crippen LogP) is 3.71. The summed E-state index contributed by atoms with van der Waals surface area (Å²) >= 11 is 1.70. The van der Waals surface area contributed by atoms with Crippen LogP contribution in [0.15, 0.2) is 5.38 Å². The zero-order valence-electron chi connectivity index (χ0n) is 10.3. The largest absolute Gasteiger partial charge is 0.462 e. The second-order valence-corrected chi connectivity index (χ2v) is 5.98. The first-order valence-electron chi connectivity index (χ1n) is 5.76. The van der Waals surface area contributed by atoms with Gasteiger partial charge in [-0.2, -0.15) is 0 Å². The molecule has 0 aliphatic heterocycles. The monoisotopic (exact) mass is 238 g/mol. The van der Waals surface area contributed by atoms with Gasteiger partial charge in [0.05, 0.1) is 12.2 Å². The highest BCUT2D eigenvalue weighted by Crippen LogP contribution is 2.50. The minimum Gasteiger partial charge on any atom is -0.462 e. The predicted molar refractivity (Wildman–Crippen MR) is 66.3 cm³/mol. The van der Waals surface area contributed by atoms with E-state index in [1.807, 2.05) is 12.3 Å². The normalized spacial score (nSPS) is 21.9. The summed E-state index contributed by atoms with van der Waals surface area (Å²) in [5.41, 5.74) is 2.23. The Morgan fingerprint density at radius 3 is 2.94 bits per heavy atom. The Bertz CT molecular complexity index is 418. The van der Waals surface area contributed by atoms with Gasteiger partial charge in [-0.1, -0.05) is 20.8 Å². The van der Waals surface area contributed by atoms with Gasteiger partial charge in [0.15, 0.2) is 0 Å². The van der Waals surface area contributed by atoms with E-state index < -0.39 is 0 Å². The molecule has 0 saturated heterocycles. The molecule has 0 fully saturated rings. The fraction of sp³-hybridized carbons (Fsp3) is 0.615. The molecule has 16 heavy (non-hydrogen) atoms. The fourth-order valence-corrected chi connectivity index (χ4v) is 4.01. The van der Waals surface area contributed by atoms with Crippen molar-refractivity contribution in [1.82, 2.24) is 0 Å². The van der Waals surface area contributed by atoms with E-state index in [4.69, 9.17) is 4.74 Å². The summed E-state index contributed by atoms with van der Waals surface area (Å²) in [6.07, 6.45) is 1.13. The van der Waals surface area contributed by atoms with Gasteiger partial charge in [-0.25, -0.2) is 4.79 Å². The molecule has 0 amide bonds. The molecule has 1 atom stereocenters. The molecule has 1 aliphatic carbocycles. The van der Waals surface area contributed by atoms with Crippen molar-refractivity contribution in [2.24, 2.45) is 0 Å². The fourth-order valence-electron chi connectivity index (χ4n) is 2.71. The number of thiophene rings is 1. The van der Waals surface area contributed by atoms with Crippen molar-refractivity contribution >= 4 is 17.3 Å². The van der Waals surface area contributed by atoms with Gasteiger partial charge < -0.3 is 4.74 Å². The summed E-state index contributed by atoms with van der Waals surface area (Å²) in [4.78, 5) is 13.2. The van der Waals surface area contributed by atoms with Crippen molar-refractivity contribution < 1.29 is 9.53 Å². The lowest BCUT2D eigenvalue weighted by Gasteiger charge is -2.16. The third-order valence-corrected chi connectivity index (χ3v) is 4.61. The molecular weight excluding hydrogens is 220 g/mol. The molecule has 0 saturated carbocycles. The van der Waals surface area contributed by atoms with Gasteiger partial charge in [0, 0.05) is 10.3 Å². The average molecular weight is 238 g/mol. The minimum atomic E-state index is -0.162. The van der Waals surface area contributed by atoms with E-state index in [0.29, 0.717) is 12.5 Å². The van der Waals surface area contributed by atoms with Crippen molar-refractivity contribution in [3.63, 3.8) is 0 Å². The van der Waals surface area contributed by atoms with Gasteiger partial charge in [0.25, 0.3) is 0 Å². The highest BCUT2D eigenvalue weighted by atomic mass is 32.1. The first-order chi connectivity index (χ1) is 7.47. The van der Waals surface area contributed by atoms with Crippen LogP contribution in [0.3, 0.4) is 0 Å². The van der Waals surface area contributed by atoms with Gasteiger partial charge in [-0.15, -0.1) is 11.3 Å². The number of esters is 1. The molecule has 0 N–H and O–H groups in total. The molecule has 1 aromatic rings. The highest BCUT2D eigenvalue weighted by molar-refractivity contribution is 7.10. The van der Waals surface area contributed by atoms with E-state index in [-0.39, 0.29) is 11.4 Å². The molecule has 0 spiro atoms. The van der Waals surface area contributed by atoms with E-state index >= 15 is 0 Å². The maximum absolute atomic E-state index is 11.8. The first-order valence-corrected chi connectivity index (χ1v) is 6.64. The maximum atomic E-state index is 11.8. The van der Waals surface area contributed by atoms with Crippen LogP contribution in [0.25, 0.3) is 0 Å². The SMILES string of the molecule is CCOC(=O)c1csc2c1C(C)CC2(C)C. The molecule has 1 aromatic heterocycles. The van der Waals surface area contributed by atoms with Gasteiger partial charge in [0.2, 0.25) is 0 Å². The Morgan fingerprint density at radius 1 is 1.62 bits per heavy atom. The Hall–Kier alpha value is -0.830. The van der Waals surface area contributed by atoms with E-state index in [0.717, 1.165) is 12.0 Å². The van der Waals surface area contributed by atoms with Crippen molar-refractivity contribution in [2.45, 2.75) is 45.4 Å². The number of carbonyl (C=O) groups is 1. The molecule has 1 unspecified atom stereocenters. The standard InChI is InChI=1S/C13H18O2S/c1-5-15-12(14)9-7-16-11-10(9)8(2)6-13(11,3)4/h7-8H,5-6H2,1-4H3. The highest BCUT2D eigenvalue weighted by Gasteiger charge is 2.39. The summed E-state index contributed by atoms with van der Waals surface area (Å²) in [6.45, 7) is 8.99. The third kappa shape index (κ3) is 1.67. The van der Waals surface area contributed by atoms with Crippen LogP contribution in [0, 0.1) is 0 Å². The minimum absolute atomic E-state index is 0.162. The van der Waals surface area contributed by atoms with Crippen LogP contribution in [0.4, 0.5) is 0 Å². The maximum Gasteiger partial charge on any atom is 0.339 e. The summed E-state index contributed by atoms with van der Waals surface area (Å²) in [5.74, 6) is 0.306.